The second-order valence-corrected chi connectivity index (χ2v) is 14.4. The molecule has 0 aliphatic carbocycles. The Morgan fingerprint density at radius 2 is 1.68 bits per heavy atom. The number of cyclic esters (lactones) is 1. The summed E-state index contributed by atoms with van der Waals surface area (Å²) in [6.07, 6.45) is -2.31. The summed E-state index contributed by atoms with van der Waals surface area (Å²) in [5, 5.41) is 3.58. The first-order valence-electron chi connectivity index (χ1n) is 16.7. The van der Waals surface area contributed by atoms with Crippen LogP contribution < -0.4 is 0 Å². The minimum atomic E-state index is -1.48. The van der Waals surface area contributed by atoms with Gasteiger partial charge in [0.05, 0.1) is 23.9 Å². The topological polar surface area (TPSA) is 170 Å². The molecule has 3 heterocycles. The number of esters is 1. The average molecular weight is 666 g/mol. The van der Waals surface area contributed by atoms with Gasteiger partial charge in [0.25, 0.3) is 0 Å². The van der Waals surface area contributed by atoms with Gasteiger partial charge in [-0.15, -0.1) is 0 Å². The predicted octanol–water partition coefficient (Wildman–Crippen LogP) is 4.73. The molecule has 0 spiro atoms. The third-order valence-corrected chi connectivity index (χ3v) is 10.8. The number of carbonyl (C=O) groups is 4. The van der Waals surface area contributed by atoms with Crippen molar-refractivity contribution in [2.45, 2.75) is 129 Å². The van der Waals surface area contributed by atoms with Gasteiger partial charge in [0.15, 0.2) is 17.7 Å². The SMILES string of the molecule is CC[C@H]1OC(=O)[C@H](C)C(=O)[C@H](C)[C@@H](OC2OC(C)CC(N(C)C)C2C)[C@@](C)(OC)C[C@@H](C)C(=O)[C@H](C)[C@H]2N(CN=[N+]=[N-])C(=O)O[C@]12C. The van der Waals surface area contributed by atoms with Crippen molar-refractivity contribution in [3.8, 4) is 0 Å². The molecule has 3 saturated heterocycles. The van der Waals surface area contributed by atoms with Crippen LogP contribution in [0.15, 0.2) is 5.11 Å². The van der Waals surface area contributed by atoms with Gasteiger partial charge in [0, 0.05) is 41.7 Å². The molecule has 0 N–H and O–H groups in total. The molecular formula is C33H55N5O9. The summed E-state index contributed by atoms with van der Waals surface area (Å²) < 4.78 is 31.0. The van der Waals surface area contributed by atoms with Crippen molar-refractivity contribution in [1.82, 2.24) is 9.80 Å². The van der Waals surface area contributed by atoms with Crippen molar-refractivity contribution in [1.29, 1.82) is 0 Å². The normalized spacial score (nSPS) is 42.3. The minimum Gasteiger partial charge on any atom is -0.458 e. The fourth-order valence-electron chi connectivity index (χ4n) is 8.05. The second kappa shape index (κ2) is 15.2. The van der Waals surface area contributed by atoms with Gasteiger partial charge in [-0.25, -0.2) is 4.79 Å². The first-order valence-corrected chi connectivity index (χ1v) is 16.7. The largest absolute Gasteiger partial charge is 0.458 e. The van der Waals surface area contributed by atoms with Crippen LogP contribution in [0, 0.1) is 29.6 Å². The van der Waals surface area contributed by atoms with Crippen molar-refractivity contribution < 1.29 is 42.9 Å². The van der Waals surface area contributed by atoms with Gasteiger partial charge in [-0.2, -0.15) is 0 Å². The zero-order valence-electron chi connectivity index (χ0n) is 30.1. The highest BCUT2D eigenvalue weighted by Gasteiger charge is 2.60. The molecule has 3 fully saturated rings. The molecular weight excluding hydrogens is 610 g/mol. The zero-order valence-corrected chi connectivity index (χ0v) is 30.1. The van der Waals surface area contributed by atoms with Crippen molar-refractivity contribution in [2.75, 3.05) is 27.9 Å². The third kappa shape index (κ3) is 7.62. The molecule has 1 amide bonds. The summed E-state index contributed by atoms with van der Waals surface area (Å²) in [5.74, 6) is -4.99. The van der Waals surface area contributed by atoms with Crippen LogP contribution in [0.4, 0.5) is 4.79 Å². The Balaban J connectivity index is 2.15. The number of methoxy groups -OCH3 is 1. The molecule has 14 heteroatoms. The highest BCUT2D eigenvalue weighted by atomic mass is 16.7. The summed E-state index contributed by atoms with van der Waals surface area (Å²) in [5.41, 5.74) is 6.36. The van der Waals surface area contributed by atoms with Crippen molar-refractivity contribution >= 4 is 23.6 Å². The number of fused-ring (bicyclic) bond motifs is 1. The summed E-state index contributed by atoms with van der Waals surface area (Å²) in [4.78, 5) is 61.4. The zero-order chi connectivity index (χ0) is 35.6. The van der Waals surface area contributed by atoms with Crippen molar-refractivity contribution in [3.05, 3.63) is 10.4 Å². The van der Waals surface area contributed by atoms with Gasteiger partial charge in [0.1, 0.15) is 24.5 Å². The quantitative estimate of drug-likeness (QED) is 0.122. The number of ether oxygens (including phenoxy) is 5. The van der Waals surface area contributed by atoms with E-state index < -0.39 is 77.3 Å². The number of hydrogen-bond donors (Lipinski definition) is 0. The molecule has 3 aliphatic rings. The van der Waals surface area contributed by atoms with Gasteiger partial charge in [-0.05, 0) is 66.6 Å². The van der Waals surface area contributed by atoms with Crippen LogP contribution in [-0.4, -0.2) is 109 Å². The fraction of sp³-hybridized carbons (Fsp3) is 0.879. The van der Waals surface area contributed by atoms with Crippen LogP contribution in [0.3, 0.4) is 0 Å². The monoisotopic (exact) mass is 665 g/mol. The molecule has 13 atom stereocenters. The Bertz CT molecular complexity index is 1230. The Morgan fingerprint density at radius 1 is 1.04 bits per heavy atom. The van der Waals surface area contributed by atoms with E-state index in [1.165, 1.54) is 18.9 Å². The second-order valence-electron chi connectivity index (χ2n) is 14.4. The molecule has 0 bridgehead atoms. The van der Waals surface area contributed by atoms with Crippen LogP contribution in [-0.2, 0) is 38.1 Å². The Hall–Kier alpha value is -2.77. The number of carbonyl (C=O) groups excluding carboxylic acids is 4. The van der Waals surface area contributed by atoms with Gasteiger partial charge >= 0.3 is 12.1 Å². The van der Waals surface area contributed by atoms with Crippen LogP contribution in [0.5, 0.6) is 0 Å². The van der Waals surface area contributed by atoms with Crippen LogP contribution in [0.2, 0.25) is 0 Å². The Kier molecular flexibility index (Phi) is 12.5. The number of Topliss-reactive ketones (excluding diaryl/α,β-unsaturated/α-hetero) is 2. The Labute approximate surface area is 278 Å². The van der Waals surface area contributed by atoms with Crippen LogP contribution >= 0.6 is 0 Å². The lowest BCUT2D eigenvalue weighted by atomic mass is 9.73. The van der Waals surface area contributed by atoms with Crippen molar-refractivity contribution in [3.63, 3.8) is 0 Å². The van der Waals surface area contributed by atoms with E-state index in [1.54, 1.807) is 41.5 Å². The standard InChI is InChI=1S/C33H55N5O9/c1-13-24-33(9)27(38(16-35-36-34)31(42)47-33)20(5)25(39)17(2)15-32(8,43-12)28(21(6)26(40)22(7)29(41)45-24)46-30-19(4)23(37(10)11)14-18(3)44-30/h17-24,27-28,30H,13-16H2,1-12H3/t17-,18?,19?,20+,21+,22-,23?,24-,27-,28-,30?,32+,33-/m1/s1. The molecule has 0 aromatic heterocycles. The molecule has 47 heavy (non-hydrogen) atoms. The molecule has 3 rings (SSSR count). The molecule has 4 unspecified atom stereocenters. The van der Waals surface area contributed by atoms with Crippen molar-refractivity contribution in [2.24, 2.45) is 34.7 Å². The van der Waals surface area contributed by atoms with E-state index in [4.69, 9.17) is 29.2 Å². The van der Waals surface area contributed by atoms with Gasteiger partial charge in [-0.3, -0.25) is 19.3 Å². The third-order valence-electron chi connectivity index (χ3n) is 10.8. The highest BCUT2D eigenvalue weighted by molar-refractivity contribution is 6.00. The lowest BCUT2D eigenvalue weighted by Gasteiger charge is -2.47. The van der Waals surface area contributed by atoms with Crippen LogP contribution in [0.1, 0.15) is 81.6 Å². The summed E-state index contributed by atoms with van der Waals surface area (Å²) in [6.45, 7) is 15.5. The van der Waals surface area contributed by atoms with Gasteiger partial charge in [-0.1, -0.05) is 39.7 Å². The average Bonchev–Trinajstić information content (AvgIpc) is 3.28. The minimum absolute atomic E-state index is 0.0656. The number of rotatable bonds is 7. The van der Waals surface area contributed by atoms with E-state index >= 15 is 0 Å². The fourth-order valence-corrected chi connectivity index (χ4v) is 8.05. The molecule has 0 radical (unpaired) electrons. The first-order chi connectivity index (χ1) is 21.9. The lowest BCUT2D eigenvalue weighted by Crippen LogP contribution is -2.59. The molecule has 266 valence electrons. The smallest absolute Gasteiger partial charge is 0.411 e. The van der Waals surface area contributed by atoms with E-state index in [2.05, 4.69) is 14.9 Å². The number of amides is 1. The van der Waals surface area contributed by atoms with E-state index in [0.29, 0.717) is 0 Å². The number of nitrogens with zero attached hydrogens (tertiary/aromatic N) is 5. The lowest BCUT2D eigenvalue weighted by molar-refractivity contribution is -0.280. The molecule has 0 saturated carbocycles. The van der Waals surface area contributed by atoms with Gasteiger partial charge < -0.3 is 28.6 Å². The molecule has 0 aromatic rings. The predicted molar refractivity (Wildman–Crippen MR) is 172 cm³/mol. The van der Waals surface area contributed by atoms with E-state index in [9.17, 15) is 19.2 Å². The Morgan fingerprint density at radius 3 is 2.23 bits per heavy atom. The molecule has 0 aromatic carbocycles. The maximum Gasteiger partial charge on any atom is 0.411 e. The molecule has 3 aliphatic heterocycles. The maximum atomic E-state index is 14.3. The van der Waals surface area contributed by atoms with E-state index in [0.717, 1.165) is 6.42 Å². The summed E-state index contributed by atoms with van der Waals surface area (Å²) in [6, 6.07) is -0.787. The number of azide groups is 1. The first kappa shape index (κ1) is 38.7. The molecule has 14 nitrogen and oxygen atoms in total. The van der Waals surface area contributed by atoms with Gasteiger partial charge in [0.2, 0.25) is 0 Å². The number of ketones is 2. The summed E-state index contributed by atoms with van der Waals surface area (Å²) >= 11 is 0. The number of hydrogen-bond acceptors (Lipinski definition) is 11. The van der Waals surface area contributed by atoms with E-state index in [-0.39, 0.29) is 43.4 Å². The highest BCUT2D eigenvalue weighted by Crippen LogP contribution is 2.43. The summed E-state index contributed by atoms with van der Waals surface area (Å²) in [7, 11) is 5.53. The van der Waals surface area contributed by atoms with Crippen LogP contribution in [0.25, 0.3) is 10.4 Å². The van der Waals surface area contributed by atoms with E-state index in [1.807, 2.05) is 27.9 Å². The maximum absolute atomic E-state index is 14.3.